The van der Waals surface area contributed by atoms with Crippen LogP contribution in [-0.2, 0) is 16.6 Å². The summed E-state index contributed by atoms with van der Waals surface area (Å²) < 4.78 is 82.5. The summed E-state index contributed by atoms with van der Waals surface area (Å²) in [6.07, 6.45) is 0. The third-order valence-corrected chi connectivity index (χ3v) is 6.38. The van der Waals surface area contributed by atoms with Crippen molar-refractivity contribution in [3.8, 4) is 16.9 Å². The number of sulfonamides is 1. The molecule has 0 saturated heterocycles. The molecule has 1 N–H and O–H groups in total. The molecule has 0 bridgehead atoms. The fourth-order valence-electron chi connectivity index (χ4n) is 3.30. The van der Waals surface area contributed by atoms with Crippen LogP contribution in [0.4, 0.5) is 23.2 Å². The summed E-state index contributed by atoms with van der Waals surface area (Å²) in [7, 11) is -5.54. The van der Waals surface area contributed by atoms with E-state index in [1.165, 1.54) is 29.0 Å². The third-order valence-electron chi connectivity index (χ3n) is 5.01. The Kier molecular flexibility index (Phi) is 6.42. The summed E-state index contributed by atoms with van der Waals surface area (Å²) in [6.45, 7) is -0.0890. The van der Waals surface area contributed by atoms with Gasteiger partial charge >= 0.3 is 15.5 Å². The fraction of sp³-hybridized carbons (Fsp3) is 0.0833. The Bertz CT molecular complexity index is 1460. The van der Waals surface area contributed by atoms with Crippen molar-refractivity contribution in [3.05, 3.63) is 95.3 Å². The quantitative estimate of drug-likeness (QED) is 0.281. The second kappa shape index (κ2) is 9.15. The lowest BCUT2D eigenvalue weighted by Crippen LogP contribution is -2.29. The summed E-state index contributed by atoms with van der Waals surface area (Å²) in [4.78, 5) is 0. The predicted octanol–water partition coefficient (Wildman–Crippen LogP) is 7.14. The van der Waals surface area contributed by atoms with Crippen LogP contribution in [0.1, 0.15) is 5.56 Å². The molecule has 0 atom stereocenters. The highest BCUT2D eigenvalue weighted by Gasteiger charge is 2.46. The van der Waals surface area contributed by atoms with Crippen molar-refractivity contribution in [3.63, 3.8) is 0 Å². The van der Waals surface area contributed by atoms with E-state index < -0.39 is 21.3 Å². The molecule has 0 spiro atoms. The van der Waals surface area contributed by atoms with Gasteiger partial charge in [-0.2, -0.15) is 21.6 Å². The largest absolute Gasteiger partial charge is 0.516 e. The van der Waals surface area contributed by atoms with Crippen LogP contribution >= 0.6 is 11.6 Å². The molecule has 4 rings (SSSR count). The van der Waals surface area contributed by atoms with Crippen LogP contribution in [0.25, 0.3) is 21.9 Å². The molecule has 0 fully saturated rings. The molecule has 0 amide bonds. The number of benzene rings is 4. The van der Waals surface area contributed by atoms with E-state index in [2.05, 4.69) is 0 Å². The molecule has 10 heteroatoms. The zero-order chi connectivity index (χ0) is 24.5. The Hall–Kier alpha value is -3.30. The van der Waals surface area contributed by atoms with Gasteiger partial charge in [-0.1, -0.05) is 48.0 Å². The monoisotopic (exact) mass is 509 g/mol. The van der Waals surface area contributed by atoms with E-state index in [-0.39, 0.29) is 12.3 Å². The zero-order valence-electron chi connectivity index (χ0n) is 17.2. The molecule has 4 aromatic rings. The molecule has 176 valence electrons. The first kappa shape index (κ1) is 23.8. The van der Waals surface area contributed by atoms with Gasteiger partial charge in [0, 0.05) is 21.7 Å². The molecule has 0 aliphatic heterocycles. The van der Waals surface area contributed by atoms with Crippen molar-refractivity contribution < 1.29 is 30.7 Å². The molecule has 0 unspecified atom stereocenters. The van der Waals surface area contributed by atoms with E-state index in [0.717, 1.165) is 5.56 Å². The number of hydrogen-bond acceptors (Lipinski definition) is 3. The number of fused-ring (bicyclic) bond motifs is 1. The van der Waals surface area contributed by atoms with Crippen LogP contribution in [0.5, 0.6) is 5.75 Å². The number of nitrogens with one attached hydrogen (secondary N) is 1. The standard InChI is InChI=1S/C24H16ClF4NO3S/c25-19-8-6-15(7-9-19)16-4-5-18(22(26)13-16)14-33-23-3-1-2-17-12-20(10-11-21(17)23)30-34(31,32)24(27,28)29/h1-13,30H,14H2. The maximum absolute atomic E-state index is 14.7. The van der Waals surface area contributed by atoms with Crippen LogP contribution in [0.15, 0.2) is 78.9 Å². The first-order valence-electron chi connectivity index (χ1n) is 9.82. The minimum atomic E-state index is -5.54. The van der Waals surface area contributed by atoms with Crippen molar-refractivity contribution in [2.75, 3.05) is 4.72 Å². The van der Waals surface area contributed by atoms with Gasteiger partial charge in [-0.05, 0) is 59.0 Å². The normalized spacial score (nSPS) is 12.0. The predicted molar refractivity (Wildman–Crippen MR) is 124 cm³/mol. The average Bonchev–Trinajstić information content (AvgIpc) is 2.77. The first-order valence-corrected chi connectivity index (χ1v) is 11.7. The molecule has 34 heavy (non-hydrogen) atoms. The number of halogens is 5. The second-order valence-corrected chi connectivity index (χ2v) is 9.46. The van der Waals surface area contributed by atoms with E-state index in [0.29, 0.717) is 32.7 Å². The van der Waals surface area contributed by atoms with Gasteiger partial charge < -0.3 is 4.74 Å². The Labute approximate surface area is 197 Å². The molecule has 0 aliphatic carbocycles. The zero-order valence-corrected chi connectivity index (χ0v) is 18.8. The molecule has 4 aromatic carbocycles. The third kappa shape index (κ3) is 5.10. The van der Waals surface area contributed by atoms with Gasteiger partial charge in [0.25, 0.3) is 0 Å². The lowest BCUT2D eigenvalue weighted by Gasteiger charge is -2.13. The number of rotatable bonds is 6. The van der Waals surface area contributed by atoms with Crippen molar-refractivity contribution in [1.82, 2.24) is 0 Å². The van der Waals surface area contributed by atoms with Gasteiger partial charge in [0.2, 0.25) is 0 Å². The Morgan fingerprint density at radius 2 is 1.59 bits per heavy atom. The fourth-order valence-corrected chi connectivity index (χ4v) is 3.98. The molecular weight excluding hydrogens is 494 g/mol. The van der Waals surface area contributed by atoms with E-state index in [1.807, 2.05) is 0 Å². The Balaban J connectivity index is 1.53. The SMILES string of the molecule is O=S(=O)(Nc1ccc2c(OCc3ccc(-c4ccc(Cl)cc4)cc3F)cccc2c1)C(F)(F)F. The summed E-state index contributed by atoms with van der Waals surface area (Å²) >= 11 is 5.89. The van der Waals surface area contributed by atoms with Gasteiger partial charge in [-0.25, -0.2) is 4.39 Å². The topological polar surface area (TPSA) is 55.4 Å². The molecule has 0 aliphatic rings. The number of alkyl halides is 3. The summed E-state index contributed by atoms with van der Waals surface area (Å²) in [5.41, 5.74) is -3.88. The molecular formula is C24H16ClF4NO3S. The van der Waals surface area contributed by atoms with Crippen LogP contribution in [0.2, 0.25) is 5.02 Å². The lowest BCUT2D eigenvalue weighted by atomic mass is 10.0. The highest BCUT2D eigenvalue weighted by Crippen LogP contribution is 2.31. The molecule has 0 saturated carbocycles. The number of anilines is 1. The molecule has 0 radical (unpaired) electrons. The number of hydrogen-bond donors (Lipinski definition) is 1. The highest BCUT2D eigenvalue weighted by molar-refractivity contribution is 7.93. The van der Waals surface area contributed by atoms with Gasteiger partial charge in [-0.3, -0.25) is 4.72 Å². The van der Waals surface area contributed by atoms with Crippen LogP contribution in [0, 0.1) is 5.82 Å². The van der Waals surface area contributed by atoms with Crippen LogP contribution < -0.4 is 9.46 Å². The lowest BCUT2D eigenvalue weighted by molar-refractivity contribution is -0.0429. The number of ether oxygens (including phenoxy) is 1. The summed E-state index contributed by atoms with van der Waals surface area (Å²) in [6, 6.07) is 20.4. The van der Waals surface area contributed by atoms with Crippen molar-refractivity contribution in [2.45, 2.75) is 12.1 Å². The summed E-state index contributed by atoms with van der Waals surface area (Å²) in [5.74, 6) is -0.0968. The van der Waals surface area contributed by atoms with E-state index in [1.54, 1.807) is 54.6 Å². The van der Waals surface area contributed by atoms with Crippen LogP contribution in [-0.4, -0.2) is 13.9 Å². The Morgan fingerprint density at radius 1 is 0.882 bits per heavy atom. The van der Waals surface area contributed by atoms with Crippen molar-refractivity contribution in [2.24, 2.45) is 0 Å². The molecule has 4 nitrogen and oxygen atoms in total. The minimum Gasteiger partial charge on any atom is -0.488 e. The second-order valence-electron chi connectivity index (χ2n) is 7.35. The van der Waals surface area contributed by atoms with Gasteiger partial charge in [0.15, 0.2) is 0 Å². The first-order chi connectivity index (χ1) is 16.0. The smallest absolute Gasteiger partial charge is 0.488 e. The van der Waals surface area contributed by atoms with E-state index in [9.17, 15) is 26.0 Å². The van der Waals surface area contributed by atoms with Crippen LogP contribution in [0.3, 0.4) is 0 Å². The van der Waals surface area contributed by atoms with Gasteiger partial charge in [0.05, 0.1) is 0 Å². The Morgan fingerprint density at radius 3 is 2.26 bits per heavy atom. The molecule has 0 heterocycles. The average molecular weight is 510 g/mol. The van der Waals surface area contributed by atoms with Gasteiger partial charge in [-0.15, -0.1) is 0 Å². The highest BCUT2D eigenvalue weighted by atomic mass is 35.5. The molecule has 0 aromatic heterocycles. The van der Waals surface area contributed by atoms with Crippen molar-refractivity contribution >= 4 is 38.1 Å². The van der Waals surface area contributed by atoms with Crippen molar-refractivity contribution in [1.29, 1.82) is 0 Å². The van der Waals surface area contributed by atoms with E-state index in [4.69, 9.17) is 16.3 Å². The van der Waals surface area contributed by atoms with Gasteiger partial charge in [0.1, 0.15) is 18.2 Å². The maximum atomic E-state index is 14.7. The van der Waals surface area contributed by atoms with E-state index >= 15 is 0 Å². The minimum absolute atomic E-state index is 0.0890. The maximum Gasteiger partial charge on any atom is 0.516 e. The summed E-state index contributed by atoms with van der Waals surface area (Å²) in [5, 5.41) is 1.54.